The molecule has 0 aromatic heterocycles. The Balaban J connectivity index is 2.06. The number of benzene rings is 2. The molecule has 0 heterocycles. The first-order chi connectivity index (χ1) is 9.56. The maximum atomic E-state index is 13.6. The number of rotatable bonds is 1. The molecule has 0 spiro atoms. The molecule has 1 aliphatic rings. The van der Waals surface area contributed by atoms with Crippen LogP contribution in [0.25, 0.3) is 6.08 Å². The molecule has 4 heteroatoms. The highest BCUT2D eigenvalue weighted by atomic mass is 35.5. The summed E-state index contributed by atoms with van der Waals surface area (Å²) in [6.07, 6.45) is 1.72. The van der Waals surface area contributed by atoms with Crippen molar-refractivity contribution in [1.82, 2.24) is 0 Å². The van der Waals surface area contributed by atoms with Gasteiger partial charge in [-0.05, 0) is 35.9 Å². The summed E-state index contributed by atoms with van der Waals surface area (Å²) < 4.78 is 26.8. The second kappa shape index (κ2) is 4.84. The van der Waals surface area contributed by atoms with Crippen molar-refractivity contribution in [3.63, 3.8) is 0 Å². The zero-order chi connectivity index (χ0) is 14.3. The Hall–Kier alpha value is -2.00. The molecule has 0 atom stereocenters. The lowest BCUT2D eigenvalue weighted by atomic mass is 10.1. The van der Waals surface area contributed by atoms with Gasteiger partial charge < -0.3 is 0 Å². The van der Waals surface area contributed by atoms with Crippen molar-refractivity contribution in [2.24, 2.45) is 0 Å². The number of carbonyl (C=O) groups excluding carboxylic acids is 1. The second-order valence-corrected chi connectivity index (χ2v) is 5.01. The van der Waals surface area contributed by atoms with Crippen LogP contribution >= 0.6 is 11.6 Å². The summed E-state index contributed by atoms with van der Waals surface area (Å²) in [5, 5.41) is 0.513. The van der Waals surface area contributed by atoms with Crippen LogP contribution in [0.15, 0.2) is 42.0 Å². The van der Waals surface area contributed by atoms with Crippen molar-refractivity contribution in [1.29, 1.82) is 0 Å². The van der Waals surface area contributed by atoms with Crippen LogP contribution in [0.5, 0.6) is 0 Å². The third-order valence-corrected chi connectivity index (χ3v) is 3.66. The van der Waals surface area contributed by atoms with Gasteiger partial charge in [-0.3, -0.25) is 4.79 Å². The first kappa shape index (κ1) is 13.0. The molecule has 0 fully saturated rings. The van der Waals surface area contributed by atoms with E-state index < -0.39 is 11.6 Å². The molecule has 1 aliphatic carbocycles. The number of hydrogen-bond donors (Lipinski definition) is 0. The summed E-state index contributed by atoms with van der Waals surface area (Å²) in [6, 6.07) is 8.25. The highest BCUT2D eigenvalue weighted by molar-refractivity contribution is 6.33. The maximum absolute atomic E-state index is 13.6. The molecule has 0 saturated heterocycles. The Labute approximate surface area is 119 Å². The first-order valence-corrected chi connectivity index (χ1v) is 6.42. The zero-order valence-electron chi connectivity index (χ0n) is 10.3. The summed E-state index contributed by atoms with van der Waals surface area (Å²) in [7, 11) is 0. The molecule has 0 saturated carbocycles. The largest absolute Gasteiger partial charge is 0.289 e. The predicted molar refractivity (Wildman–Crippen MR) is 73.8 cm³/mol. The highest BCUT2D eigenvalue weighted by Crippen LogP contribution is 2.32. The summed E-state index contributed by atoms with van der Waals surface area (Å²) in [5.41, 5.74) is 1.75. The van der Waals surface area contributed by atoms with Crippen LogP contribution in [0.2, 0.25) is 5.02 Å². The number of fused-ring (bicyclic) bond motifs is 1. The van der Waals surface area contributed by atoms with Gasteiger partial charge in [0.25, 0.3) is 0 Å². The number of halogens is 3. The monoisotopic (exact) mass is 290 g/mol. The first-order valence-electron chi connectivity index (χ1n) is 6.04. The Kier molecular flexibility index (Phi) is 3.14. The van der Waals surface area contributed by atoms with E-state index in [4.69, 9.17) is 11.6 Å². The lowest BCUT2D eigenvalue weighted by Gasteiger charge is -1.99. The zero-order valence-corrected chi connectivity index (χ0v) is 11.0. The smallest absolute Gasteiger partial charge is 0.189 e. The van der Waals surface area contributed by atoms with Gasteiger partial charge in [-0.2, -0.15) is 0 Å². The molecule has 0 aliphatic heterocycles. The van der Waals surface area contributed by atoms with E-state index in [-0.39, 0.29) is 11.3 Å². The Morgan fingerprint density at radius 2 is 1.95 bits per heavy atom. The number of Topliss-reactive ketones (excluding diaryl/α,β-unsaturated/α-hetero) is 1. The fourth-order valence-corrected chi connectivity index (χ4v) is 2.57. The van der Waals surface area contributed by atoms with Crippen molar-refractivity contribution in [3.8, 4) is 0 Å². The number of carbonyl (C=O) groups is 1. The van der Waals surface area contributed by atoms with Gasteiger partial charge in [-0.1, -0.05) is 23.7 Å². The molecule has 1 nitrogen and oxygen atoms in total. The average molecular weight is 291 g/mol. The van der Waals surface area contributed by atoms with E-state index in [1.54, 1.807) is 18.2 Å². The van der Waals surface area contributed by atoms with Crippen LogP contribution in [0.3, 0.4) is 0 Å². The normalized spacial score (nSPS) is 15.8. The third-order valence-electron chi connectivity index (χ3n) is 3.31. The Morgan fingerprint density at radius 3 is 2.70 bits per heavy atom. The van der Waals surface area contributed by atoms with Crippen molar-refractivity contribution in [2.75, 3.05) is 0 Å². The molecule has 20 heavy (non-hydrogen) atoms. The molecule has 0 radical (unpaired) electrons. The molecule has 0 bridgehead atoms. The quantitative estimate of drug-likeness (QED) is 0.710. The van der Waals surface area contributed by atoms with E-state index >= 15 is 0 Å². The van der Waals surface area contributed by atoms with Gasteiger partial charge in [0.15, 0.2) is 5.78 Å². The number of allylic oxidation sites excluding steroid dienone is 1. The predicted octanol–water partition coefficient (Wildman–Crippen LogP) is 4.44. The van der Waals surface area contributed by atoms with Gasteiger partial charge in [0.1, 0.15) is 11.6 Å². The molecule has 0 N–H and O–H groups in total. The summed E-state index contributed by atoms with van der Waals surface area (Å²) in [5.74, 6) is -1.29. The maximum Gasteiger partial charge on any atom is 0.189 e. The lowest BCUT2D eigenvalue weighted by Crippen LogP contribution is -1.96. The minimum absolute atomic E-state index is 0.0669. The molecule has 100 valence electrons. The van der Waals surface area contributed by atoms with Crippen LogP contribution in [-0.2, 0) is 6.42 Å². The van der Waals surface area contributed by atoms with Gasteiger partial charge in [0.05, 0.1) is 0 Å². The van der Waals surface area contributed by atoms with E-state index in [0.717, 1.165) is 23.8 Å². The third kappa shape index (κ3) is 2.14. The van der Waals surface area contributed by atoms with Crippen LogP contribution in [-0.4, -0.2) is 5.78 Å². The van der Waals surface area contributed by atoms with Gasteiger partial charge in [0, 0.05) is 28.1 Å². The van der Waals surface area contributed by atoms with E-state index in [0.29, 0.717) is 22.6 Å². The average Bonchev–Trinajstić information content (AvgIpc) is 2.73. The highest BCUT2D eigenvalue weighted by Gasteiger charge is 2.26. The van der Waals surface area contributed by atoms with Crippen molar-refractivity contribution in [2.45, 2.75) is 6.42 Å². The standard InChI is InChI=1S/C16H9ClF2O/c17-14-3-1-2-12-13(14)8-10(16(12)20)6-9-7-11(18)4-5-15(9)19/h1-7H,8H2/b10-6-. The van der Waals surface area contributed by atoms with Gasteiger partial charge in [-0.15, -0.1) is 0 Å². The van der Waals surface area contributed by atoms with E-state index in [9.17, 15) is 13.6 Å². The minimum Gasteiger partial charge on any atom is -0.289 e. The van der Waals surface area contributed by atoms with Gasteiger partial charge in [0.2, 0.25) is 0 Å². The molecule has 0 amide bonds. The molecule has 2 aromatic carbocycles. The van der Waals surface area contributed by atoms with Gasteiger partial charge in [-0.25, -0.2) is 8.78 Å². The molecular formula is C16H9ClF2O. The second-order valence-electron chi connectivity index (χ2n) is 4.61. The van der Waals surface area contributed by atoms with Crippen molar-refractivity contribution in [3.05, 3.63) is 75.3 Å². The minimum atomic E-state index is -0.561. The SMILES string of the molecule is O=C1/C(=C\c2cc(F)ccc2F)Cc2c(Cl)cccc21. The summed E-state index contributed by atoms with van der Waals surface area (Å²) >= 11 is 6.05. The van der Waals surface area contributed by atoms with Crippen LogP contribution < -0.4 is 0 Å². The molecule has 0 unspecified atom stereocenters. The number of hydrogen-bond acceptors (Lipinski definition) is 1. The van der Waals surface area contributed by atoms with Gasteiger partial charge >= 0.3 is 0 Å². The van der Waals surface area contributed by atoms with Crippen LogP contribution in [0.1, 0.15) is 21.5 Å². The van der Waals surface area contributed by atoms with Crippen molar-refractivity contribution >= 4 is 23.5 Å². The Morgan fingerprint density at radius 1 is 1.15 bits per heavy atom. The van der Waals surface area contributed by atoms with Crippen LogP contribution in [0.4, 0.5) is 8.78 Å². The topological polar surface area (TPSA) is 17.1 Å². The fourth-order valence-electron chi connectivity index (χ4n) is 2.32. The molecule has 2 aromatic rings. The van der Waals surface area contributed by atoms with E-state index in [1.165, 1.54) is 6.08 Å². The number of ketones is 1. The van der Waals surface area contributed by atoms with Crippen molar-refractivity contribution < 1.29 is 13.6 Å². The van der Waals surface area contributed by atoms with E-state index in [2.05, 4.69) is 0 Å². The lowest BCUT2D eigenvalue weighted by molar-refractivity contribution is 0.104. The fraction of sp³-hybridized carbons (Fsp3) is 0.0625. The molecular weight excluding hydrogens is 282 g/mol. The van der Waals surface area contributed by atoms with E-state index in [1.807, 2.05) is 0 Å². The molecule has 3 rings (SSSR count). The summed E-state index contributed by atoms with van der Waals surface area (Å²) in [6.45, 7) is 0. The van der Waals surface area contributed by atoms with Crippen LogP contribution in [0, 0.1) is 11.6 Å². The summed E-state index contributed by atoms with van der Waals surface area (Å²) in [4.78, 5) is 12.2. The Bertz CT molecular complexity index is 750.